The average molecular weight is 487 g/mol. The molecule has 0 radical (unpaired) electrons. The summed E-state index contributed by atoms with van der Waals surface area (Å²) in [6.07, 6.45) is 6.55. The minimum Gasteiger partial charge on any atom is -0.370 e. The Hall–Kier alpha value is -2.99. The molecule has 0 spiro atoms. The van der Waals surface area contributed by atoms with Gasteiger partial charge in [0.25, 0.3) is 5.91 Å². The summed E-state index contributed by atoms with van der Waals surface area (Å²) in [5.74, 6) is -0.0878. The molecule has 2 unspecified atom stereocenters. The van der Waals surface area contributed by atoms with E-state index in [0.29, 0.717) is 29.5 Å². The number of aromatic nitrogens is 1. The second-order valence-corrected chi connectivity index (χ2v) is 9.34. The van der Waals surface area contributed by atoms with Gasteiger partial charge in [-0.05, 0) is 43.2 Å². The molecule has 1 fully saturated rings. The number of nitrogens with zero attached hydrogens (tertiary/aromatic N) is 2. The quantitative estimate of drug-likeness (QED) is 0.508. The highest BCUT2D eigenvalue weighted by Crippen LogP contribution is 2.34. The Morgan fingerprint density at radius 1 is 1.33 bits per heavy atom. The molecule has 3 aromatic rings. The molecule has 3 N–H and O–H groups in total. The maximum absolute atomic E-state index is 14.7. The van der Waals surface area contributed by atoms with Crippen LogP contribution in [0.1, 0.15) is 35.0 Å². The van der Waals surface area contributed by atoms with Gasteiger partial charge in [0.1, 0.15) is 17.2 Å². The van der Waals surface area contributed by atoms with Crippen molar-refractivity contribution in [2.24, 2.45) is 5.73 Å². The highest BCUT2D eigenvalue weighted by atomic mass is 35.5. The molecular formula is C24H21ClF2N4OS. The lowest BCUT2D eigenvalue weighted by molar-refractivity contribution is 0.101. The molecule has 1 amide bonds. The first-order valence-corrected chi connectivity index (χ1v) is 11.5. The van der Waals surface area contributed by atoms with Crippen LogP contribution >= 0.6 is 22.9 Å². The minimum absolute atomic E-state index is 0.0419. The van der Waals surface area contributed by atoms with Crippen molar-refractivity contribution in [1.29, 1.82) is 0 Å². The topological polar surface area (TPSA) is 71.2 Å². The van der Waals surface area contributed by atoms with Gasteiger partial charge in [-0.3, -0.25) is 10.1 Å². The molecule has 4 rings (SSSR count). The lowest BCUT2D eigenvalue weighted by Crippen LogP contribution is -2.26. The first-order valence-electron chi connectivity index (χ1n) is 10.2. The smallest absolute Gasteiger partial charge is 0.263 e. The van der Waals surface area contributed by atoms with E-state index in [4.69, 9.17) is 23.8 Å². The SMILES string of the molecule is C#CC(C)(c1ccc(Cl)cc1)c1csc(NC(=O)c2c(F)cc(N3CCC(N)C3)cc2F)n1. The number of benzene rings is 2. The number of thiazole rings is 1. The Kier molecular flexibility index (Phi) is 6.39. The average Bonchev–Trinajstić information content (AvgIpc) is 3.42. The van der Waals surface area contributed by atoms with Crippen LogP contribution in [0.15, 0.2) is 41.8 Å². The molecule has 9 heteroatoms. The summed E-state index contributed by atoms with van der Waals surface area (Å²) in [5.41, 5.74) is 6.01. The minimum atomic E-state index is -0.950. The van der Waals surface area contributed by atoms with Crippen LogP contribution in [0.4, 0.5) is 19.6 Å². The van der Waals surface area contributed by atoms with Crippen LogP contribution in [-0.2, 0) is 5.41 Å². The predicted molar refractivity (Wildman–Crippen MR) is 128 cm³/mol. The summed E-state index contributed by atoms with van der Waals surface area (Å²) in [6.45, 7) is 2.93. The molecule has 1 aliphatic heterocycles. The molecule has 0 aliphatic carbocycles. The predicted octanol–water partition coefficient (Wildman–Crippen LogP) is 4.80. The molecule has 5 nitrogen and oxygen atoms in total. The number of carbonyl (C=O) groups is 1. The van der Waals surface area contributed by atoms with E-state index in [1.165, 1.54) is 0 Å². The summed E-state index contributed by atoms with van der Waals surface area (Å²) in [4.78, 5) is 18.9. The molecule has 0 bridgehead atoms. The Labute approximate surface area is 199 Å². The van der Waals surface area contributed by atoms with Gasteiger partial charge in [0.05, 0.1) is 11.1 Å². The third-order valence-electron chi connectivity index (χ3n) is 5.79. The van der Waals surface area contributed by atoms with Crippen molar-refractivity contribution < 1.29 is 13.6 Å². The number of terminal acetylenes is 1. The number of hydrogen-bond donors (Lipinski definition) is 2. The number of hydrogen-bond acceptors (Lipinski definition) is 5. The van der Waals surface area contributed by atoms with Gasteiger partial charge in [-0.1, -0.05) is 29.7 Å². The third kappa shape index (κ3) is 4.58. The largest absolute Gasteiger partial charge is 0.370 e. The molecule has 2 heterocycles. The first kappa shape index (κ1) is 23.2. The molecule has 2 atom stereocenters. The van der Waals surface area contributed by atoms with Gasteiger partial charge < -0.3 is 10.6 Å². The normalized spacial score (nSPS) is 17.5. The zero-order valence-electron chi connectivity index (χ0n) is 17.7. The van der Waals surface area contributed by atoms with Crippen molar-refractivity contribution >= 4 is 39.7 Å². The van der Waals surface area contributed by atoms with Crippen LogP contribution in [0.3, 0.4) is 0 Å². The van der Waals surface area contributed by atoms with Crippen molar-refractivity contribution in [3.8, 4) is 12.3 Å². The fourth-order valence-corrected chi connectivity index (χ4v) is 4.73. The number of amides is 1. The van der Waals surface area contributed by atoms with Gasteiger partial charge in [-0.25, -0.2) is 13.8 Å². The zero-order chi connectivity index (χ0) is 23.8. The number of nitrogens with one attached hydrogen (secondary N) is 1. The highest BCUT2D eigenvalue weighted by Gasteiger charge is 2.30. The van der Waals surface area contributed by atoms with E-state index in [-0.39, 0.29) is 11.2 Å². The van der Waals surface area contributed by atoms with Crippen LogP contribution in [0.2, 0.25) is 5.02 Å². The van der Waals surface area contributed by atoms with E-state index < -0.39 is 28.5 Å². The van der Waals surface area contributed by atoms with Crippen molar-refractivity contribution in [3.05, 3.63) is 75.3 Å². The Balaban J connectivity index is 1.55. The second-order valence-electron chi connectivity index (χ2n) is 8.05. The van der Waals surface area contributed by atoms with Gasteiger partial charge in [-0.15, -0.1) is 17.8 Å². The second kappa shape index (κ2) is 9.10. The van der Waals surface area contributed by atoms with Crippen LogP contribution in [0.5, 0.6) is 0 Å². The zero-order valence-corrected chi connectivity index (χ0v) is 19.3. The van der Waals surface area contributed by atoms with E-state index in [1.54, 1.807) is 34.5 Å². The molecule has 1 aromatic heterocycles. The molecule has 1 aliphatic rings. The van der Waals surface area contributed by atoms with Gasteiger partial charge in [0, 0.05) is 35.2 Å². The Morgan fingerprint density at radius 3 is 2.58 bits per heavy atom. The van der Waals surface area contributed by atoms with Crippen molar-refractivity contribution in [1.82, 2.24) is 4.98 Å². The third-order valence-corrected chi connectivity index (χ3v) is 6.80. The van der Waals surface area contributed by atoms with Gasteiger partial charge in [0.15, 0.2) is 5.13 Å². The lowest BCUT2D eigenvalue weighted by atomic mass is 9.81. The molecule has 0 saturated carbocycles. The maximum Gasteiger partial charge on any atom is 0.263 e. The molecule has 33 heavy (non-hydrogen) atoms. The molecular weight excluding hydrogens is 466 g/mol. The van der Waals surface area contributed by atoms with Crippen LogP contribution in [0.25, 0.3) is 0 Å². The Morgan fingerprint density at radius 2 is 2.00 bits per heavy atom. The molecule has 1 saturated heterocycles. The standard InChI is InChI=1S/C24H21ClF2N4OS/c1-3-24(2,14-4-6-15(25)7-5-14)20-13-33-23(29-20)30-22(32)21-18(26)10-17(11-19(21)27)31-9-8-16(28)12-31/h1,4-7,10-11,13,16H,8-9,12,28H2,2H3,(H,29,30,32). The summed E-state index contributed by atoms with van der Waals surface area (Å²) >= 11 is 7.08. The van der Waals surface area contributed by atoms with E-state index in [1.807, 2.05) is 6.92 Å². The fraction of sp³-hybridized carbons (Fsp3) is 0.250. The lowest BCUT2D eigenvalue weighted by Gasteiger charge is -2.22. The van der Waals surface area contributed by atoms with Gasteiger partial charge in [-0.2, -0.15) is 0 Å². The van der Waals surface area contributed by atoms with Crippen molar-refractivity contribution in [3.63, 3.8) is 0 Å². The molecule has 2 aromatic carbocycles. The maximum atomic E-state index is 14.7. The number of carbonyl (C=O) groups excluding carboxylic acids is 1. The monoisotopic (exact) mass is 486 g/mol. The van der Waals surface area contributed by atoms with Crippen molar-refractivity contribution in [2.75, 3.05) is 23.3 Å². The van der Waals surface area contributed by atoms with E-state index in [0.717, 1.165) is 35.5 Å². The number of rotatable bonds is 5. The fourth-order valence-electron chi connectivity index (χ4n) is 3.79. The van der Waals surface area contributed by atoms with Crippen LogP contribution < -0.4 is 16.0 Å². The van der Waals surface area contributed by atoms with Gasteiger partial charge >= 0.3 is 0 Å². The van der Waals surface area contributed by atoms with Crippen LogP contribution in [-0.4, -0.2) is 30.0 Å². The van der Waals surface area contributed by atoms with E-state index in [2.05, 4.69) is 16.2 Å². The summed E-state index contributed by atoms with van der Waals surface area (Å²) in [6, 6.07) is 9.33. The van der Waals surface area contributed by atoms with E-state index >= 15 is 0 Å². The van der Waals surface area contributed by atoms with Crippen molar-refractivity contribution in [2.45, 2.75) is 24.8 Å². The van der Waals surface area contributed by atoms with Gasteiger partial charge in [0.2, 0.25) is 0 Å². The summed E-state index contributed by atoms with van der Waals surface area (Å²) in [5, 5.41) is 4.94. The summed E-state index contributed by atoms with van der Waals surface area (Å²) in [7, 11) is 0. The molecule has 170 valence electrons. The number of nitrogens with two attached hydrogens (primary N) is 1. The number of halogens is 3. The number of anilines is 2. The Bertz CT molecular complexity index is 1220. The summed E-state index contributed by atoms with van der Waals surface area (Å²) < 4.78 is 29.4. The highest BCUT2D eigenvalue weighted by molar-refractivity contribution is 7.14. The van der Waals surface area contributed by atoms with E-state index in [9.17, 15) is 13.6 Å². The van der Waals surface area contributed by atoms with Crippen LogP contribution in [0, 0.1) is 24.0 Å². The first-order chi connectivity index (χ1) is 15.7.